The highest BCUT2D eigenvalue weighted by molar-refractivity contribution is 5.41. The first-order valence-corrected chi connectivity index (χ1v) is 14.9. The first kappa shape index (κ1) is 33.0. The Balaban J connectivity index is 1.86. The summed E-state index contributed by atoms with van der Waals surface area (Å²) in [5.74, 6) is 13.3. The van der Waals surface area contributed by atoms with Gasteiger partial charge in [0.25, 0.3) is 0 Å². The molecular formula is C40H52. The molecule has 2 aliphatic rings. The van der Waals surface area contributed by atoms with Gasteiger partial charge in [0, 0.05) is 17.8 Å². The van der Waals surface area contributed by atoms with E-state index in [0.717, 1.165) is 18.4 Å². The third-order valence-corrected chi connectivity index (χ3v) is 7.85. The Morgan fingerprint density at radius 2 is 1.68 bits per heavy atom. The SMILES string of the molecule is CC1=C(/C=C/C(C)=C\C=C\C(C)C#CC/C=C(\C)C#C/C=C(C)\C=C\C2=C(C)CCCC2(C)C)C(C)(C)C=CC1. The number of hydrogen-bond acceptors (Lipinski definition) is 0. The molecule has 0 spiro atoms. The van der Waals surface area contributed by atoms with Crippen LogP contribution in [-0.2, 0) is 0 Å². The van der Waals surface area contributed by atoms with Crippen molar-refractivity contribution >= 4 is 0 Å². The maximum absolute atomic E-state index is 3.33. The van der Waals surface area contributed by atoms with E-state index in [1.165, 1.54) is 52.7 Å². The van der Waals surface area contributed by atoms with Crippen LogP contribution >= 0.6 is 0 Å². The molecule has 0 N–H and O–H groups in total. The van der Waals surface area contributed by atoms with E-state index in [4.69, 9.17) is 0 Å². The number of hydrogen-bond donors (Lipinski definition) is 0. The van der Waals surface area contributed by atoms with Crippen molar-refractivity contribution in [1.29, 1.82) is 0 Å². The van der Waals surface area contributed by atoms with Crippen LogP contribution in [0.2, 0.25) is 0 Å². The minimum atomic E-state index is 0.105. The monoisotopic (exact) mass is 532 g/mol. The van der Waals surface area contributed by atoms with Crippen LogP contribution in [0.25, 0.3) is 0 Å². The molecule has 0 saturated carbocycles. The summed E-state index contributed by atoms with van der Waals surface area (Å²) in [7, 11) is 0. The molecule has 0 amide bonds. The molecule has 0 heteroatoms. The summed E-state index contributed by atoms with van der Waals surface area (Å²) in [5.41, 5.74) is 9.76. The summed E-state index contributed by atoms with van der Waals surface area (Å²) in [6, 6.07) is 0. The lowest BCUT2D eigenvalue weighted by atomic mass is 9.72. The zero-order chi connectivity index (χ0) is 29.8. The van der Waals surface area contributed by atoms with Gasteiger partial charge in [-0.25, -0.2) is 0 Å². The van der Waals surface area contributed by atoms with E-state index in [0.29, 0.717) is 0 Å². The lowest BCUT2D eigenvalue weighted by Crippen LogP contribution is -2.19. The van der Waals surface area contributed by atoms with E-state index in [9.17, 15) is 0 Å². The molecule has 212 valence electrons. The first-order valence-electron chi connectivity index (χ1n) is 14.9. The summed E-state index contributed by atoms with van der Waals surface area (Å²) < 4.78 is 0. The van der Waals surface area contributed by atoms with E-state index in [1.54, 1.807) is 0 Å². The van der Waals surface area contributed by atoms with Gasteiger partial charge in [0.15, 0.2) is 0 Å². The van der Waals surface area contributed by atoms with Crippen molar-refractivity contribution in [2.45, 2.75) is 101 Å². The van der Waals surface area contributed by atoms with E-state index >= 15 is 0 Å². The molecule has 2 rings (SSSR count). The van der Waals surface area contributed by atoms with Gasteiger partial charge in [-0.05, 0) is 101 Å². The fourth-order valence-electron chi connectivity index (χ4n) is 5.34. The minimum Gasteiger partial charge on any atom is -0.0985 e. The molecule has 40 heavy (non-hydrogen) atoms. The van der Waals surface area contributed by atoms with Crippen molar-refractivity contribution in [2.75, 3.05) is 0 Å². The zero-order valence-electron chi connectivity index (χ0n) is 27.0. The second kappa shape index (κ2) is 15.5. The average molecular weight is 533 g/mol. The molecule has 1 atom stereocenters. The molecule has 1 unspecified atom stereocenters. The molecule has 0 saturated heterocycles. The topological polar surface area (TPSA) is 0 Å². The summed E-state index contributed by atoms with van der Waals surface area (Å²) in [6.45, 7) is 22.3. The van der Waals surface area contributed by atoms with E-state index in [2.05, 4.69) is 154 Å². The molecule has 0 bridgehead atoms. The van der Waals surface area contributed by atoms with Crippen LogP contribution in [0.5, 0.6) is 0 Å². The van der Waals surface area contributed by atoms with Crippen molar-refractivity contribution in [3.05, 3.63) is 106 Å². The van der Waals surface area contributed by atoms with Crippen molar-refractivity contribution in [3.63, 3.8) is 0 Å². The lowest BCUT2D eigenvalue weighted by molar-refractivity contribution is 0.377. The zero-order valence-corrected chi connectivity index (χ0v) is 27.0. The lowest BCUT2D eigenvalue weighted by Gasteiger charge is -2.32. The second-order valence-electron chi connectivity index (χ2n) is 12.8. The van der Waals surface area contributed by atoms with Crippen LogP contribution in [0.1, 0.15) is 101 Å². The van der Waals surface area contributed by atoms with Gasteiger partial charge < -0.3 is 0 Å². The van der Waals surface area contributed by atoms with Crippen LogP contribution in [0.4, 0.5) is 0 Å². The Morgan fingerprint density at radius 1 is 0.975 bits per heavy atom. The van der Waals surface area contributed by atoms with Crippen LogP contribution < -0.4 is 0 Å². The van der Waals surface area contributed by atoms with Gasteiger partial charge >= 0.3 is 0 Å². The first-order chi connectivity index (χ1) is 18.8. The Kier molecular flexibility index (Phi) is 12.8. The Labute approximate surface area is 247 Å². The maximum atomic E-state index is 3.33. The summed E-state index contributed by atoms with van der Waals surface area (Å²) in [4.78, 5) is 0. The average Bonchev–Trinajstić information content (AvgIpc) is 2.85. The van der Waals surface area contributed by atoms with Gasteiger partial charge in [0.1, 0.15) is 0 Å². The molecule has 0 aliphatic heterocycles. The fourth-order valence-corrected chi connectivity index (χ4v) is 5.34. The molecule has 0 nitrogen and oxygen atoms in total. The minimum absolute atomic E-state index is 0.105. The molecule has 0 aromatic carbocycles. The molecule has 0 aromatic rings. The van der Waals surface area contributed by atoms with E-state index < -0.39 is 0 Å². The molecule has 0 aromatic heterocycles. The maximum Gasteiger partial charge on any atom is 0.0357 e. The third kappa shape index (κ3) is 11.1. The fraction of sp³-hybridized carbons (Fsp3) is 0.450. The number of rotatable bonds is 7. The van der Waals surface area contributed by atoms with Crippen molar-refractivity contribution in [2.24, 2.45) is 16.7 Å². The summed E-state index contributed by atoms with van der Waals surface area (Å²) in [5, 5.41) is 0. The van der Waals surface area contributed by atoms with Gasteiger partial charge in [0.2, 0.25) is 0 Å². The van der Waals surface area contributed by atoms with Crippen molar-refractivity contribution in [3.8, 4) is 23.7 Å². The van der Waals surface area contributed by atoms with Gasteiger partial charge in [-0.1, -0.05) is 129 Å². The standard InChI is InChI=1S/C40H52/c1-31(19-13-21-33(3)25-27-37-35(5)23-15-29-39(37,7)8)17-11-12-18-32(2)20-14-22-34(4)26-28-38-36(6)24-16-30-40(38,9)10/h14,16-17,20-22,25-28,30,32H,11,15,23-24,29H2,1-10H3/b20-14+,27-25+,28-26+,31-17+,33-21-,34-22-. The van der Waals surface area contributed by atoms with Gasteiger partial charge in [-0.15, -0.1) is 0 Å². The second-order valence-corrected chi connectivity index (χ2v) is 12.8. The highest BCUT2D eigenvalue weighted by Gasteiger charge is 2.26. The molecule has 2 aliphatic carbocycles. The van der Waals surface area contributed by atoms with E-state index in [-0.39, 0.29) is 16.7 Å². The highest BCUT2D eigenvalue weighted by Crippen LogP contribution is 2.41. The van der Waals surface area contributed by atoms with Crippen molar-refractivity contribution < 1.29 is 0 Å². The quantitative estimate of drug-likeness (QED) is 0.174. The predicted molar refractivity (Wildman–Crippen MR) is 179 cm³/mol. The molecule has 0 radical (unpaired) electrons. The third-order valence-electron chi connectivity index (χ3n) is 7.85. The Hall–Kier alpha value is -3.22. The number of allylic oxidation sites excluding steroid dienone is 18. The van der Waals surface area contributed by atoms with Gasteiger partial charge in [-0.2, -0.15) is 0 Å². The normalized spacial score (nSPS) is 20.7. The Bertz CT molecular complexity index is 1310. The predicted octanol–water partition coefficient (Wildman–Crippen LogP) is 11.4. The smallest absolute Gasteiger partial charge is 0.0357 e. The van der Waals surface area contributed by atoms with Crippen LogP contribution in [0, 0.1) is 40.4 Å². The largest absolute Gasteiger partial charge is 0.0985 e. The van der Waals surface area contributed by atoms with Gasteiger partial charge in [-0.3, -0.25) is 0 Å². The van der Waals surface area contributed by atoms with Gasteiger partial charge in [0.05, 0.1) is 0 Å². The molecule has 0 heterocycles. The van der Waals surface area contributed by atoms with Crippen LogP contribution in [-0.4, -0.2) is 0 Å². The summed E-state index contributed by atoms with van der Waals surface area (Å²) in [6.07, 6.45) is 29.7. The summed E-state index contributed by atoms with van der Waals surface area (Å²) >= 11 is 0. The van der Waals surface area contributed by atoms with Crippen LogP contribution in [0.3, 0.4) is 0 Å². The van der Waals surface area contributed by atoms with E-state index in [1.807, 2.05) is 6.08 Å². The van der Waals surface area contributed by atoms with Crippen molar-refractivity contribution in [1.82, 2.24) is 0 Å². The van der Waals surface area contributed by atoms with Crippen LogP contribution in [0.15, 0.2) is 106 Å². The molecular weight excluding hydrogens is 480 g/mol. The molecule has 0 fully saturated rings. The highest BCUT2D eigenvalue weighted by atomic mass is 14.3. The Morgan fingerprint density at radius 3 is 2.38 bits per heavy atom.